The Hall–Kier alpha value is -3.05. The van der Waals surface area contributed by atoms with Gasteiger partial charge in [0, 0.05) is 43.6 Å². The number of hydrogen-bond donors (Lipinski definition) is 2. The Kier molecular flexibility index (Phi) is 7.65. The van der Waals surface area contributed by atoms with Crippen molar-refractivity contribution in [3.63, 3.8) is 0 Å². The van der Waals surface area contributed by atoms with Gasteiger partial charge in [0.1, 0.15) is 11.6 Å². The van der Waals surface area contributed by atoms with Crippen molar-refractivity contribution < 1.29 is 27.2 Å². The average molecular weight is 477 g/mol. The third-order valence-corrected chi connectivity index (χ3v) is 6.77. The zero-order chi connectivity index (χ0) is 24.2. The van der Waals surface area contributed by atoms with Crippen LogP contribution < -0.4 is 10.0 Å². The standard InChI is InChI=1S/C22H25FN4O5S/c1-13(2)20(27-33(31,32)17-5-3-15(23)4-6-17)18(28)12-14-11-16-7-9-24-19(26-16)8-10-25-22(30)21(14)29/h3-7,9,13-14,20,27H,8,10-12H2,1-2H3,(H,25,30). The van der Waals surface area contributed by atoms with Crippen LogP contribution in [0, 0.1) is 17.7 Å². The van der Waals surface area contributed by atoms with Gasteiger partial charge >= 0.3 is 0 Å². The van der Waals surface area contributed by atoms with Crippen molar-refractivity contribution in [2.24, 2.45) is 11.8 Å². The molecule has 9 nitrogen and oxygen atoms in total. The fourth-order valence-electron chi connectivity index (χ4n) is 3.54. The van der Waals surface area contributed by atoms with Crippen molar-refractivity contribution in [2.45, 2.75) is 44.0 Å². The van der Waals surface area contributed by atoms with Crippen LogP contribution in [0.5, 0.6) is 0 Å². The lowest BCUT2D eigenvalue weighted by Gasteiger charge is -2.24. The minimum absolute atomic E-state index is 0.0447. The smallest absolute Gasteiger partial charge is 0.287 e. The van der Waals surface area contributed by atoms with Crippen LogP contribution in [0.25, 0.3) is 0 Å². The summed E-state index contributed by atoms with van der Waals surface area (Å²) in [6, 6.07) is 4.68. The SMILES string of the molecule is CC(C)C(NS(=O)(=O)c1ccc(F)cc1)C(=O)CC1Cc2ccnc(n2)CCNC(=O)C1=O. The quantitative estimate of drug-likeness (QED) is 0.569. The number of aromatic nitrogens is 2. The van der Waals surface area contributed by atoms with Gasteiger partial charge < -0.3 is 5.32 Å². The highest BCUT2D eigenvalue weighted by atomic mass is 32.2. The van der Waals surface area contributed by atoms with Gasteiger partial charge in [-0.3, -0.25) is 14.4 Å². The molecule has 1 aliphatic heterocycles. The molecule has 11 heteroatoms. The van der Waals surface area contributed by atoms with E-state index in [9.17, 15) is 27.2 Å². The van der Waals surface area contributed by atoms with E-state index in [0.717, 1.165) is 24.3 Å². The second-order valence-electron chi connectivity index (χ2n) is 8.20. The monoisotopic (exact) mass is 476 g/mol. The summed E-state index contributed by atoms with van der Waals surface area (Å²) in [5.41, 5.74) is 0.522. The third kappa shape index (κ3) is 6.26. The van der Waals surface area contributed by atoms with E-state index in [2.05, 4.69) is 20.0 Å². The summed E-state index contributed by atoms with van der Waals surface area (Å²) in [6.07, 6.45) is 1.62. The zero-order valence-electron chi connectivity index (χ0n) is 18.2. The van der Waals surface area contributed by atoms with Crippen molar-refractivity contribution in [3.8, 4) is 0 Å². The molecule has 2 aromatic rings. The number of Topliss-reactive ketones (excluding diaryl/α,β-unsaturated/α-hetero) is 2. The summed E-state index contributed by atoms with van der Waals surface area (Å²) in [4.78, 5) is 46.5. The maximum Gasteiger partial charge on any atom is 0.287 e. The summed E-state index contributed by atoms with van der Waals surface area (Å²) in [6.45, 7) is 3.50. The van der Waals surface area contributed by atoms with Gasteiger partial charge in [0.2, 0.25) is 15.8 Å². The first-order valence-corrected chi connectivity index (χ1v) is 12.0. The average Bonchev–Trinajstić information content (AvgIpc) is 2.76. The summed E-state index contributed by atoms with van der Waals surface area (Å²) in [5.74, 6) is -3.62. The molecule has 0 fully saturated rings. The van der Waals surface area contributed by atoms with Crippen LogP contribution in [0.1, 0.15) is 31.8 Å². The van der Waals surface area contributed by atoms with Crippen molar-refractivity contribution in [2.75, 3.05) is 6.54 Å². The van der Waals surface area contributed by atoms with Crippen molar-refractivity contribution in [1.82, 2.24) is 20.0 Å². The van der Waals surface area contributed by atoms with Gasteiger partial charge in [-0.15, -0.1) is 0 Å². The van der Waals surface area contributed by atoms with E-state index in [1.165, 1.54) is 0 Å². The van der Waals surface area contributed by atoms with E-state index in [-0.39, 0.29) is 24.3 Å². The van der Waals surface area contributed by atoms with Gasteiger partial charge in [-0.05, 0) is 36.2 Å². The summed E-state index contributed by atoms with van der Waals surface area (Å²) < 4.78 is 41.0. The first-order chi connectivity index (χ1) is 15.6. The Morgan fingerprint density at radius 1 is 1.21 bits per heavy atom. The summed E-state index contributed by atoms with van der Waals surface area (Å²) in [5, 5.41) is 2.51. The molecule has 0 spiro atoms. The second kappa shape index (κ2) is 10.3. The number of carbonyl (C=O) groups excluding carboxylic acids is 3. The maximum atomic E-state index is 13.2. The predicted molar refractivity (Wildman–Crippen MR) is 116 cm³/mol. The predicted octanol–water partition coefficient (Wildman–Crippen LogP) is 0.978. The Morgan fingerprint density at radius 3 is 2.58 bits per heavy atom. The van der Waals surface area contributed by atoms with E-state index in [1.807, 2.05) is 0 Å². The minimum atomic E-state index is -4.12. The molecule has 0 saturated carbocycles. The van der Waals surface area contributed by atoms with Gasteiger partial charge in [0.25, 0.3) is 5.91 Å². The fraction of sp³-hybridized carbons (Fsp3) is 0.409. The van der Waals surface area contributed by atoms with Crippen LogP contribution in [0.4, 0.5) is 4.39 Å². The van der Waals surface area contributed by atoms with E-state index in [1.54, 1.807) is 26.1 Å². The molecule has 1 aromatic heterocycles. The van der Waals surface area contributed by atoms with Crippen LogP contribution in [0.2, 0.25) is 0 Å². The molecule has 0 radical (unpaired) electrons. The highest BCUT2D eigenvalue weighted by Crippen LogP contribution is 2.19. The summed E-state index contributed by atoms with van der Waals surface area (Å²) >= 11 is 0. The van der Waals surface area contributed by atoms with Crippen molar-refractivity contribution in [1.29, 1.82) is 0 Å². The van der Waals surface area contributed by atoms with Gasteiger partial charge in [0.05, 0.1) is 10.9 Å². The minimum Gasteiger partial charge on any atom is -0.349 e. The number of halogens is 1. The second-order valence-corrected chi connectivity index (χ2v) is 9.92. The molecular formula is C22H25FN4O5S. The molecule has 2 atom stereocenters. The molecule has 33 heavy (non-hydrogen) atoms. The summed E-state index contributed by atoms with van der Waals surface area (Å²) in [7, 11) is -4.12. The topological polar surface area (TPSA) is 135 Å². The van der Waals surface area contributed by atoms with Gasteiger partial charge in [-0.2, -0.15) is 0 Å². The van der Waals surface area contributed by atoms with E-state index < -0.39 is 51.2 Å². The molecular weight excluding hydrogens is 451 g/mol. The molecule has 2 N–H and O–H groups in total. The lowest BCUT2D eigenvalue weighted by atomic mass is 9.87. The molecule has 1 aromatic carbocycles. The highest BCUT2D eigenvalue weighted by Gasteiger charge is 2.34. The number of fused-ring (bicyclic) bond motifs is 2. The lowest BCUT2D eigenvalue weighted by Crippen LogP contribution is -2.46. The zero-order valence-corrected chi connectivity index (χ0v) is 19.1. The maximum absolute atomic E-state index is 13.2. The first-order valence-electron chi connectivity index (χ1n) is 10.5. The molecule has 1 amide bonds. The van der Waals surface area contributed by atoms with E-state index >= 15 is 0 Å². The molecule has 2 heterocycles. The van der Waals surface area contributed by atoms with Crippen LogP contribution in [0.3, 0.4) is 0 Å². The van der Waals surface area contributed by atoms with Gasteiger partial charge in [-0.1, -0.05) is 13.8 Å². The Balaban J connectivity index is 1.83. The fourth-order valence-corrected chi connectivity index (χ4v) is 4.91. The number of rotatable bonds is 7. The van der Waals surface area contributed by atoms with Crippen molar-refractivity contribution >= 4 is 27.5 Å². The normalized spacial score (nSPS) is 18.0. The number of ketones is 2. The van der Waals surface area contributed by atoms with Crippen LogP contribution in [-0.2, 0) is 37.2 Å². The van der Waals surface area contributed by atoms with Gasteiger partial charge in [0.15, 0.2) is 5.78 Å². The van der Waals surface area contributed by atoms with Gasteiger partial charge in [-0.25, -0.2) is 27.5 Å². The van der Waals surface area contributed by atoms with Crippen molar-refractivity contribution in [3.05, 3.63) is 53.9 Å². The number of benzene rings is 1. The Morgan fingerprint density at radius 2 is 1.91 bits per heavy atom. The number of carbonyl (C=O) groups is 3. The molecule has 0 saturated heterocycles. The molecule has 0 aliphatic carbocycles. The number of hydrogen-bond acceptors (Lipinski definition) is 7. The lowest BCUT2D eigenvalue weighted by molar-refractivity contribution is -0.141. The third-order valence-electron chi connectivity index (χ3n) is 5.31. The van der Waals surface area contributed by atoms with E-state index in [4.69, 9.17) is 0 Å². The first kappa shape index (κ1) is 24.6. The molecule has 2 bridgehead atoms. The molecule has 2 unspecified atom stereocenters. The number of nitrogens with one attached hydrogen (secondary N) is 2. The molecule has 176 valence electrons. The molecule has 1 aliphatic rings. The van der Waals surface area contributed by atoms with E-state index in [0.29, 0.717) is 17.9 Å². The Labute approximate surface area is 191 Å². The number of nitrogens with zero attached hydrogens (tertiary/aromatic N) is 2. The van der Waals surface area contributed by atoms with Crippen LogP contribution >= 0.6 is 0 Å². The number of sulfonamides is 1. The van der Waals surface area contributed by atoms with Crippen LogP contribution in [-0.4, -0.2) is 48.4 Å². The molecule has 3 rings (SSSR count). The Bertz CT molecular complexity index is 1150. The van der Waals surface area contributed by atoms with Crippen LogP contribution in [0.15, 0.2) is 41.4 Å². The highest BCUT2D eigenvalue weighted by molar-refractivity contribution is 7.89. The number of amides is 1. The largest absolute Gasteiger partial charge is 0.349 e.